The number of aromatic nitrogens is 2. The Morgan fingerprint density at radius 1 is 1.57 bits per heavy atom. The van der Waals surface area contributed by atoms with Crippen LogP contribution in [0.4, 0.5) is 5.82 Å². The van der Waals surface area contributed by atoms with E-state index < -0.39 is 0 Å². The van der Waals surface area contributed by atoms with E-state index in [1.807, 2.05) is 23.7 Å². The van der Waals surface area contributed by atoms with Gasteiger partial charge in [0.15, 0.2) is 0 Å². The molecule has 0 radical (unpaired) electrons. The summed E-state index contributed by atoms with van der Waals surface area (Å²) in [5.41, 5.74) is 6.73. The largest absolute Gasteiger partial charge is 0.384 e. The zero-order chi connectivity index (χ0) is 9.26. The van der Waals surface area contributed by atoms with E-state index in [4.69, 9.17) is 5.73 Å². The van der Waals surface area contributed by atoms with Crippen molar-refractivity contribution in [2.24, 2.45) is 0 Å². The molecule has 0 unspecified atom stereocenters. The summed E-state index contributed by atoms with van der Waals surface area (Å²) in [6.45, 7) is 2.72. The summed E-state index contributed by atoms with van der Waals surface area (Å²) in [6, 6.07) is 6.00. The molecule has 0 aliphatic heterocycles. The normalized spacial score (nSPS) is 9.79. The molecule has 2 aromatic heterocycles. The summed E-state index contributed by atoms with van der Waals surface area (Å²) in [5.74, 6) is 0.728. The first-order valence-corrected chi connectivity index (χ1v) is 4.96. The molecule has 76 valence electrons. The highest BCUT2D eigenvalue weighted by atomic mass is 35.5. The molecule has 0 aliphatic rings. The van der Waals surface area contributed by atoms with Gasteiger partial charge in [0.25, 0.3) is 0 Å². The molecule has 0 spiro atoms. The number of nitrogens with zero attached hydrogens (tertiary/aromatic N) is 2. The Kier molecular flexibility index (Phi) is 3.55. The van der Waals surface area contributed by atoms with Crippen LogP contribution in [-0.2, 0) is 6.54 Å². The fourth-order valence-corrected chi connectivity index (χ4v) is 1.93. The molecule has 0 saturated carbocycles. The second-order valence-electron chi connectivity index (χ2n) is 2.95. The molecule has 0 atom stereocenters. The maximum Gasteiger partial charge on any atom is 0.122 e. The van der Waals surface area contributed by atoms with Gasteiger partial charge in [-0.2, -0.15) is 5.10 Å². The van der Waals surface area contributed by atoms with Gasteiger partial charge in [0.2, 0.25) is 0 Å². The van der Waals surface area contributed by atoms with E-state index in [0.29, 0.717) is 0 Å². The minimum atomic E-state index is 0. The zero-order valence-electron chi connectivity index (χ0n) is 7.80. The van der Waals surface area contributed by atoms with E-state index in [-0.39, 0.29) is 12.4 Å². The number of thiophene rings is 1. The van der Waals surface area contributed by atoms with Crippen molar-refractivity contribution in [3.05, 3.63) is 34.2 Å². The van der Waals surface area contributed by atoms with Crippen molar-refractivity contribution in [3.8, 4) is 0 Å². The van der Waals surface area contributed by atoms with Gasteiger partial charge in [-0.15, -0.1) is 23.7 Å². The lowest BCUT2D eigenvalue weighted by atomic mass is 10.4. The van der Waals surface area contributed by atoms with Gasteiger partial charge >= 0.3 is 0 Å². The molecular formula is C9H12ClN3S. The monoisotopic (exact) mass is 229 g/mol. The maximum absolute atomic E-state index is 5.76. The van der Waals surface area contributed by atoms with Gasteiger partial charge in [-0.1, -0.05) is 6.07 Å². The van der Waals surface area contributed by atoms with E-state index in [1.54, 1.807) is 11.3 Å². The van der Waals surface area contributed by atoms with Gasteiger partial charge in [-0.25, -0.2) is 4.68 Å². The number of rotatable bonds is 2. The van der Waals surface area contributed by atoms with Gasteiger partial charge < -0.3 is 5.73 Å². The summed E-state index contributed by atoms with van der Waals surface area (Å²) in [7, 11) is 0. The van der Waals surface area contributed by atoms with E-state index in [0.717, 1.165) is 18.1 Å². The number of aryl methyl sites for hydroxylation is 1. The van der Waals surface area contributed by atoms with Crippen LogP contribution in [-0.4, -0.2) is 9.78 Å². The summed E-state index contributed by atoms with van der Waals surface area (Å²) < 4.78 is 1.82. The van der Waals surface area contributed by atoms with Crippen LogP contribution >= 0.6 is 23.7 Å². The number of anilines is 1. The summed E-state index contributed by atoms with van der Waals surface area (Å²) in [4.78, 5) is 1.27. The van der Waals surface area contributed by atoms with E-state index >= 15 is 0 Å². The molecule has 0 aliphatic carbocycles. The lowest BCUT2D eigenvalue weighted by molar-refractivity contribution is 0.697. The van der Waals surface area contributed by atoms with Gasteiger partial charge in [0, 0.05) is 10.9 Å². The Labute approximate surface area is 93.0 Å². The quantitative estimate of drug-likeness (QED) is 0.859. The third-order valence-electron chi connectivity index (χ3n) is 1.82. The molecule has 3 nitrogen and oxygen atoms in total. The van der Waals surface area contributed by atoms with Crippen LogP contribution in [0.1, 0.15) is 10.6 Å². The molecule has 0 amide bonds. The van der Waals surface area contributed by atoms with Gasteiger partial charge in [0.1, 0.15) is 5.82 Å². The highest BCUT2D eigenvalue weighted by Crippen LogP contribution is 2.13. The first-order valence-electron chi connectivity index (χ1n) is 4.08. The molecule has 2 aromatic rings. The Balaban J connectivity index is 0.000000980. The Morgan fingerprint density at radius 2 is 2.36 bits per heavy atom. The lowest BCUT2D eigenvalue weighted by Crippen LogP contribution is -2.04. The first kappa shape index (κ1) is 11.1. The van der Waals surface area contributed by atoms with Crippen molar-refractivity contribution < 1.29 is 0 Å². The van der Waals surface area contributed by atoms with E-state index in [9.17, 15) is 0 Å². The summed E-state index contributed by atoms with van der Waals surface area (Å²) in [6.07, 6.45) is 0. The zero-order valence-corrected chi connectivity index (χ0v) is 9.44. The minimum absolute atomic E-state index is 0. The predicted molar refractivity (Wildman–Crippen MR) is 62.0 cm³/mol. The molecule has 2 N–H and O–H groups in total. The number of nitrogens with two attached hydrogens (primary N) is 1. The smallest absolute Gasteiger partial charge is 0.122 e. The van der Waals surface area contributed by atoms with E-state index in [2.05, 4.69) is 16.5 Å². The molecule has 2 heterocycles. The highest BCUT2D eigenvalue weighted by Gasteiger charge is 2.02. The van der Waals surface area contributed by atoms with Crippen LogP contribution < -0.4 is 5.73 Å². The van der Waals surface area contributed by atoms with Crippen molar-refractivity contribution in [3.63, 3.8) is 0 Å². The molecular weight excluding hydrogens is 218 g/mol. The Morgan fingerprint density at radius 3 is 2.86 bits per heavy atom. The van der Waals surface area contributed by atoms with Crippen LogP contribution in [0.5, 0.6) is 0 Å². The number of hydrogen-bond acceptors (Lipinski definition) is 3. The average molecular weight is 230 g/mol. The summed E-state index contributed by atoms with van der Waals surface area (Å²) in [5, 5.41) is 6.34. The number of halogens is 1. The average Bonchev–Trinajstić information content (AvgIpc) is 2.63. The van der Waals surface area contributed by atoms with Crippen molar-refractivity contribution in [2.45, 2.75) is 13.5 Å². The van der Waals surface area contributed by atoms with Crippen LogP contribution in [0, 0.1) is 6.92 Å². The second kappa shape index (κ2) is 4.48. The number of nitrogen functional groups attached to an aromatic ring is 1. The third kappa shape index (κ3) is 2.27. The van der Waals surface area contributed by atoms with Gasteiger partial charge in [0.05, 0.1) is 12.2 Å². The van der Waals surface area contributed by atoms with Crippen molar-refractivity contribution in [1.29, 1.82) is 0 Å². The highest BCUT2D eigenvalue weighted by molar-refractivity contribution is 7.09. The van der Waals surface area contributed by atoms with Crippen molar-refractivity contribution in [2.75, 3.05) is 5.73 Å². The van der Waals surface area contributed by atoms with Crippen LogP contribution in [0.15, 0.2) is 23.6 Å². The minimum Gasteiger partial charge on any atom is -0.384 e. The standard InChI is InChI=1S/C9H11N3S.ClH/c1-7-5-9(10)12(11-7)6-8-3-2-4-13-8;/h2-5H,6,10H2,1H3;1H. The maximum atomic E-state index is 5.76. The van der Waals surface area contributed by atoms with Crippen LogP contribution in [0.2, 0.25) is 0 Å². The lowest BCUT2D eigenvalue weighted by Gasteiger charge is -2.00. The van der Waals surface area contributed by atoms with Crippen LogP contribution in [0.25, 0.3) is 0 Å². The number of hydrogen-bond donors (Lipinski definition) is 1. The topological polar surface area (TPSA) is 43.8 Å². The van der Waals surface area contributed by atoms with Crippen molar-refractivity contribution in [1.82, 2.24) is 9.78 Å². The molecule has 0 aromatic carbocycles. The SMILES string of the molecule is Cc1cc(N)n(Cc2cccs2)n1.Cl. The van der Waals surface area contributed by atoms with Crippen molar-refractivity contribution >= 4 is 29.6 Å². The summed E-state index contributed by atoms with van der Waals surface area (Å²) >= 11 is 1.72. The predicted octanol–water partition coefficient (Wildman–Crippen LogP) is 2.31. The third-order valence-corrected chi connectivity index (χ3v) is 2.68. The molecule has 0 bridgehead atoms. The molecule has 5 heteroatoms. The van der Waals surface area contributed by atoms with E-state index in [1.165, 1.54) is 4.88 Å². The fraction of sp³-hybridized carbons (Fsp3) is 0.222. The molecule has 2 rings (SSSR count). The molecule has 0 saturated heterocycles. The molecule has 14 heavy (non-hydrogen) atoms. The van der Waals surface area contributed by atoms with Gasteiger partial charge in [-0.05, 0) is 18.4 Å². The first-order chi connectivity index (χ1) is 6.25. The Bertz CT molecular complexity index is 394. The van der Waals surface area contributed by atoms with Crippen LogP contribution in [0.3, 0.4) is 0 Å². The molecule has 0 fully saturated rings. The second-order valence-corrected chi connectivity index (χ2v) is 3.98. The Hall–Kier alpha value is -1.00. The van der Waals surface area contributed by atoms with Gasteiger partial charge in [-0.3, -0.25) is 0 Å². The fourth-order valence-electron chi connectivity index (χ4n) is 1.24.